The van der Waals surface area contributed by atoms with Crippen LogP contribution in [0.1, 0.15) is 24.9 Å². The first-order valence-corrected chi connectivity index (χ1v) is 10.8. The molecule has 2 unspecified atom stereocenters. The Balaban J connectivity index is 0.00000456. The Kier molecular flexibility index (Phi) is 10.1. The van der Waals surface area contributed by atoms with Gasteiger partial charge in [-0.05, 0) is 30.2 Å². The predicted octanol–water partition coefficient (Wildman–Crippen LogP) is 1.85. The number of hydrogen-bond donors (Lipinski definition) is 3. The Labute approximate surface area is 230 Å². The van der Waals surface area contributed by atoms with E-state index in [9.17, 15) is 24.3 Å². The fraction of sp³-hybridized carbons (Fsp3) is 0.280. The summed E-state index contributed by atoms with van der Waals surface area (Å²) in [6.07, 6.45) is 0.936. The fourth-order valence-corrected chi connectivity index (χ4v) is 3.87. The van der Waals surface area contributed by atoms with Gasteiger partial charge in [-0.2, -0.15) is 0 Å². The van der Waals surface area contributed by atoms with Crippen LogP contribution in [-0.2, 0) is 14.4 Å². The molecule has 3 N–H and O–H groups in total. The summed E-state index contributed by atoms with van der Waals surface area (Å²) in [4.78, 5) is 50.5. The van der Waals surface area contributed by atoms with Gasteiger partial charge in [0, 0.05) is 24.4 Å². The molecule has 3 amide bonds. The van der Waals surface area contributed by atoms with Crippen molar-refractivity contribution in [3.05, 3.63) is 59.8 Å². The van der Waals surface area contributed by atoms with E-state index in [-0.39, 0.29) is 29.6 Å². The number of hydrogen-bond acceptors (Lipinski definition) is 6. The SMILES string of the molecule is COc1cc(C(CC(=O)O)NC(=O)NC2C(=O)C(C)=CN(C)C2=O)cc(-c2ccccc2)c1OC.[NaH]. The molecule has 0 saturated carbocycles. The summed E-state index contributed by atoms with van der Waals surface area (Å²) < 4.78 is 11.0. The predicted molar refractivity (Wildman–Crippen MR) is 134 cm³/mol. The summed E-state index contributed by atoms with van der Waals surface area (Å²) in [5.74, 6) is -1.49. The Morgan fingerprint density at radius 1 is 1.11 bits per heavy atom. The molecule has 0 aliphatic carbocycles. The van der Waals surface area contributed by atoms with Crippen molar-refractivity contribution in [2.75, 3.05) is 21.3 Å². The van der Waals surface area contributed by atoms with E-state index < -0.39 is 42.2 Å². The summed E-state index contributed by atoms with van der Waals surface area (Å²) >= 11 is 0. The van der Waals surface area contributed by atoms with Crippen molar-refractivity contribution in [2.24, 2.45) is 0 Å². The van der Waals surface area contributed by atoms with E-state index in [4.69, 9.17) is 9.47 Å². The summed E-state index contributed by atoms with van der Waals surface area (Å²) in [5.41, 5.74) is 2.19. The standard InChI is InChI=1S/C25H27N3O7.Na.H/c1-14-13-28(2)24(32)21(22(14)31)27-25(33)26-18(12-20(29)30)16-10-17(15-8-6-5-7-9-15)23(35-4)19(11-16)34-3;;/h5-11,13,18,21H,12H2,1-4H3,(H,29,30)(H2,26,27,33);;. The zero-order chi connectivity index (χ0) is 25.7. The van der Waals surface area contributed by atoms with E-state index in [0.29, 0.717) is 28.2 Å². The zero-order valence-electron chi connectivity index (χ0n) is 19.8. The van der Waals surface area contributed by atoms with Crippen molar-refractivity contribution in [3.8, 4) is 22.6 Å². The van der Waals surface area contributed by atoms with Crippen LogP contribution >= 0.6 is 0 Å². The number of likely N-dealkylation sites (N-methyl/N-ethyl adjacent to an activating group) is 1. The minimum atomic E-state index is -1.40. The van der Waals surface area contributed by atoms with Gasteiger partial charge < -0.3 is 30.1 Å². The quantitative estimate of drug-likeness (QED) is 0.368. The summed E-state index contributed by atoms with van der Waals surface area (Å²) in [6, 6.07) is 9.30. The third kappa shape index (κ3) is 6.45. The molecule has 186 valence electrons. The molecule has 0 radical (unpaired) electrons. The van der Waals surface area contributed by atoms with Gasteiger partial charge in [-0.25, -0.2) is 4.79 Å². The number of carboxylic acid groups (broad SMARTS) is 1. The molecule has 0 bridgehead atoms. The van der Waals surface area contributed by atoms with Crippen LogP contribution in [0.5, 0.6) is 11.5 Å². The van der Waals surface area contributed by atoms with Crippen molar-refractivity contribution in [1.29, 1.82) is 0 Å². The van der Waals surface area contributed by atoms with E-state index in [1.54, 1.807) is 19.1 Å². The third-order valence-corrected chi connectivity index (χ3v) is 5.58. The number of nitrogens with zero attached hydrogens (tertiary/aromatic N) is 1. The van der Waals surface area contributed by atoms with Crippen molar-refractivity contribution < 1.29 is 33.8 Å². The summed E-state index contributed by atoms with van der Waals surface area (Å²) in [5, 5.41) is 14.4. The van der Waals surface area contributed by atoms with Crippen LogP contribution in [0.2, 0.25) is 0 Å². The number of aliphatic carboxylic acids is 1. The van der Waals surface area contributed by atoms with E-state index in [2.05, 4.69) is 10.6 Å². The van der Waals surface area contributed by atoms with E-state index >= 15 is 0 Å². The number of rotatable bonds is 8. The third-order valence-electron chi connectivity index (χ3n) is 5.58. The maximum atomic E-state index is 12.8. The number of methoxy groups -OCH3 is 2. The second-order valence-corrected chi connectivity index (χ2v) is 8.00. The summed E-state index contributed by atoms with van der Waals surface area (Å²) in [6.45, 7) is 1.54. The van der Waals surface area contributed by atoms with E-state index in [1.165, 1.54) is 32.4 Å². The molecule has 0 fully saturated rings. The first-order valence-electron chi connectivity index (χ1n) is 10.8. The molecule has 2 aromatic rings. The Bertz CT molecular complexity index is 1180. The molecule has 36 heavy (non-hydrogen) atoms. The monoisotopic (exact) mass is 505 g/mol. The van der Waals surface area contributed by atoms with Crippen LogP contribution in [0.25, 0.3) is 11.1 Å². The van der Waals surface area contributed by atoms with Crippen LogP contribution in [-0.4, -0.2) is 90.6 Å². The number of urea groups is 1. The number of carbonyl (C=O) groups is 4. The zero-order valence-corrected chi connectivity index (χ0v) is 19.8. The van der Waals surface area contributed by atoms with Gasteiger partial charge in [0.15, 0.2) is 23.3 Å². The molecular weight excluding hydrogens is 477 g/mol. The maximum absolute atomic E-state index is 12.8. The summed E-state index contributed by atoms with van der Waals surface area (Å²) in [7, 11) is 4.43. The van der Waals surface area contributed by atoms with Gasteiger partial charge in [-0.3, -0.25) is 14.4 Å². The molecule has 1 heterocycles. The number of carbonyl (C=O) groups excluding carboxylic acids is 3. The Morgan fingerprint density at radius 3 is 2.36 bits per heavy atom. The van der Waals surface area contributed by atoms with Gasteiger partial charge in [0.05, 0.1) is 26.7 Å². The Morgan fingerprint density at radius 2 is 1.78 bits per heavy atom. The molecule has 0 spiro atoms. The van der Waals surface area contributed by atoms with Gasteiger partial charge >= 0.3 is 41.6 Å². The number of carboxylic acids is 1. The van der Waals surface area contributed by atoms with Crippen molar-refractivity contribution in [2.45, 2.75) is 25.4 Å². The molecule has 10 nitrogen and oxygen atoms in total. The van der Waals surface area contributed by atoms with Gasteiger partial charge in [0.1, 0.15) is 0 Å². The van der Waals surface area contributed by atoms with Gasteiger partial charge in [-0.1, -0.05) is 30.3 Å². The molecule has 11 heteroatoms. The van der Waals surface area contributed by atoms with Gasteiger partial charge in [0.25, 0.3) is 5.91 Å². The van der Waals surface area contributed by atoms with Crippen LogP contribution in [0.3, 0.4) is 0 Å². The second kappa shape index (κ2) is 12.6. The van der Waals surface area contributed by atoms with Crippen LogP contribution in [0.4, 0.5) is 4.79 Å². The number of nitrogens with one attached hydrogen (secondary N) is 2. The average molecular weight is 506 g/mol. The first-order chi connectivity index (χ1) is 16.7. The van der Waals surface area contributed by atoms with Crippen LogP contribution in [0, 0.1) is 0 Å². The molecule has 1 aliphatic rings. The molecule has 2 atom stereocenters. The normalized spacial score (nSPS) is 15.8. The average Bonchev–Trinajstić information content (AvgIpc) is 2.84. The molecule has 0 aromatic heterocycles. The van der Waals surface area contributed by atoms with Gasteiger partial charge in [-0.15, -0.1) is 0 Å². The van der Waals surface area contributed by atoms with Gasteiger partial charge in [0.2, 0.25) is 0 Å². The van der Waals surface area contributed by atoms with Crippen LogP contribution in [0.15, 0.2) is 54.2 Å². The van der Waals surface area contributed by atoms with Crippen molar-refractivity contribution in [1.82, 2.24) is 15.5 Å². The molecular formula is C25H28N3NaO7. The second-order valence-electron chi connectivity index (χ2n) is 8.00. The molecule has 1 aliphatic heterocycles. The Hall–Kier alpha value is -3.34. The number of ketones is 1. The van der Waals surface area contributed by atoms with E-state index in [0.717, 1.165) is 5.56 Å². The fourth-order valence-electron chi connectivity index (χ4n) is 3.87. The van der Waals surface area contributed by atoms with Crippen molar-refractivity contribution in [3.63, 3.8) is 0 Å². The minimum absolute atomic E-state index is 0. The topological polar surface area (TPSA) is 134 Å². The van der Waals surface area contributed by atoms with Crippen LogP contribution < -0.4 is 20.1 Å². The molecule has 3 rings (SSSR count). The van der Waals surface area contributed by atoms with Crippen molar-refractivity contribution >= 4 is 53.2 Å². The van der Waals surface area contributed by atoms with E-state index in [1.807, 2.05) is 30.3 Å². The molecule has 0 saturated heterocycles. The first kappa shape index (κ1) is 28.9. The number of amides is 3. The number of ether oxygens (including phenoxy) is 2. The number of benzene rings is 2. The number of Topliss-reactive ketones (excluding diaryl/α,β-unsaturated/α-hetero) is 1. The molecule has 2 aromatic carbocycles.